The van der Waals surface area contributed by atoms with Crippen LogP contribution < -0.4 is 10.6 Å². The summed E-state index contributed by atoms with van der Waals surface area (Å²) in [5.41, 5.74) is 1.27. The summed E-state index contributed by atoms with van der Waals surface area (Å²) in [7, 11) is 0. The maximum Gasteiger partial charge on any atom is 0.407 e. The number of nitrogens with zero attached hydrogens (tertiary/aromatic N) is 1. The molecule has 0 saturated carbocycles. The molecule has 0 fully saturated rings. The number of alkyl carbamates (subject to hydrolysis) is 1. The zero-order chi connectivity index (χ0) is 28.4. The van der Waals surface area contributed by atoms with Crippen LogP contribution in [0.1, 0.15) is 64.0 Å². The number of aliphatic hydroxyl groups excluding tert-OH is 1. The summed E-state index contributed by atoms with van der Waals surface area (Å²) in [6.07, 6.45) is 2.77. The van der Waals surface area contributed by atoms with Crippen molar-refractivity contribution < 1.29 is 19.4 Å². The summed E-state index contributed by atoms with van der Waals surface area (Å²) in [6, 6.07) is 18.4. The Balaban J connectivity index is 1.83. The molecule has 2 aromatic carbocycles. The highest BCUT2D eigenvalue weighted by Gasteiger charge is 2.32. The van der Waals surface area contributed by atoms with Crippen LogP contribution >= 0.6 is 0 Å². The first-order valence-corrected chi connectivity index (χ1v) is 13.6. The van der Waals surface area contributed by atoms with Gasteiger partial charge in [0.2, 0.25) is 5.91 Å². The fourth-order valence-electron chi connectivity index (χ4n) is 4.52. The van der Waals surface area contributed by atoms with Crippen LogP contribution in [0.5, 0.6) is 0 Å². The minimum Gasteiger partial charge on any atom is -0.444 e. The van der Waals surface area contributed by atoms with Crippen molar-refractivity contribution in [3.05, 3.63) is 90.0 Å². The Morgan fingerprint density at radius 1 is 0.949 bits per heavy atom. The van der Waals surface area contributed by atoms with Crippen molar-refractivity contribution in [2.75, 3.05) is 0 Å². The minimum atomic E-state index is -1.00. The van der Waals surface area contributed by atoms with E-state index in [1.807, 2.05) is 74.5 Å². The minimum absolute atomic E-state index is 0.0991. The molecule has 3 aromatic rings. The molecule has 0 spiro atoms. The van der Waals surface area contributed by atoms with Gasteiger partial charge >= 0.3 is 6.09 Å². The van der Waals surface area contributed by atoms with Crippen molar-refractivity contribution in [2.45, 2.75) is 77.7 Å². The van der Waals surface area contributed by atoms with Crippen LogP contribution in [0.25, 0.3) is 0 Å². The molecule has 0 unspecified atom stereocenters. The number of aliphatic hydroxyl groups is 1. The van der Waals surface area contributed by atoms with Crippen molar-refractivity contribution in [3.8, 4) is 0 Å². The molecule has 0 bridgehead atoms. The molecule has 0 saturated heterocycles. The molecule has 4 atom stereocenters. The van der Waals surface area contributed by atoms with Gasteiger partial charge in [-0.3, -0.25) is 4.79 Å². The van der Waals surface area contributed by atoms with E-state index in [2.05, 4.69) is 20.6 Å². The highest BCUT2D eigenvalue weighted by atomic mass is 16.6. The topological polar surface area (TPSA) is 116 Å². The lowest BCUT2D eigenvalue weighted by Gasteiger charge is -2.30. The lowest BCUT2D eigenvalue weighted by atomic mass is 9.88. The van der Waals surface area contributed by atoms with Crippen molar-refractivity contribution in [2.24, 2.45) is 11.8 Å². The average Bonchev–Trinajstić information content (AvgIpc) is 3.41. The second-order valence-electron chi connectivity index (χ2n) is 11.3. The van der Waals surface area contributed by atoms with Crippen molar-refractivity contribution in [3.63, 3.8) is 0 Å². The normalized spacial score (nSPS) is 14.7. The standard InChI is InChI=1S/C31H42N4O4/c1-21(2)27(28-32-16-17-33-28)35-29(37)24(18-22-12-8-6-9-13-22)20-26(36)25(19-23-14-10-7-11-15-23)34-30(38)39-31(3,4)5/h6-17,21,24-27,36H,18-20H2,1-5H3,(H,32,33)(H,34,38)(H,35,37)/t24-,25-,26-,27-/m0/s1. The molecular weight excluding hydrogens is 492 g/mol. The Morgan fingerprint density at radius 3 is 2.05 bits per heavy atom. The number of aromatic amines is 1. The van der Waals surface area contributed by atoms with Crippen molar-refractivity contribution >= 4 is 12.0 Å². The van der Waals surface area contributed by atoms with E-state index in [1.54, 1.807) is 33.2 Å². The number of carbonyl (C=O) groups excluding carboxylic acids is 2. The molecule has 4 N–H and O–H groups in total. The molecule has 39 heavy (non-hydrogen) atoms. The number of hydrogen-bond acceptors (Lipinski definition) is 5. The maximum absolute atomic E-state index is 13.7. The summed E-state index contributed by atoms with van der Waals surface area (Å²) in [5.74, 6) is 0.0639. The van der Waals surface area contributed by atoms with Gasteiger partial charge in [-0.2, -0.15) is 0 Å². The summed E-state index contributed by atoms with van der Waals surface area (Å²) < 4.78 is 5.47. The van der Waals surface area contributed by atoms with Gasteiger partial charge in [0.05, 0.1) is 18.2 Å². The van der Waals surface area contributed by atoms with E-state index in [9.17, 15) is 14.7 Å². The van der Waals surface area contributed by atoms with E-state index >= 15 is 0 Å². The molecule has 1 aromatic heterocycles. The number of rotatable bonds is 12. The first-order valence-electron chi connectivity index (χ1n) is 13.6. The third-order valence-corrected chi connectivity index (χ3v) is 6.47. The van der Waals surface area contributed by atoms with Crippen molar-refractivity contribution in [1.82, 2.24) is 20.6 Å². The van der Waals surface area contributed by atoms with E-state index in [0.717, 1.165) is 11.1 Å². The van der Waals surface area contributed by atoms with Gasteiger partial charge in [0.15, 0.2) is 0 Å². The number of benzene rings is 2. The third kappa shape index (κ3) is 9.87. The second kappa shape index (κ2) is 13.9. The van der Waals surface area contributed by atoms with Crippen LogP contribution in [0.4, 0.5) is 4.79 Å². The van der Waals surface area contributed by atoms with Crippen LogP contribution in [-0.2, 0) is 22.4 Å². The second-order valence-corrected chi connectivity index (χ2v) is 11.3. The van der Waals surface area contributed by atoms with Crippen LogP contribution in [0.3, 0.4) is 0 Å². The van der Waals surface area contributed by atoms with E-state index < -0.39 is 29.8 Å². The SMILES string of the molecule is CC(C)[C@H](NC(=O)[C@@H](Cc1ccccc1)C[C@H](O)[C@H](Cc1ccccc1)NC(=O)OC(C)(C)C)c1ncc[nH]1. The zero-order valence-electron chi connectivity index (χ0n) is 23.6. The number of nitrogens with one attached hydrogen (secondary N) is 3. The molecule has 0 aliphatic carbocycles. The Bertz CT molecular complexity index is 1140. The predicted octanol–water partition coefficient (Wildman–Crippen LogP) is 4.97. The molecule has 3 rings (SSSR count). The number of carbonyl (C=O) groups is 2. The lowest BCUT2D eigenvalue weighted by molar-refractivity contribution is -0.127. The molecule has 8 heteroatoms. The van der Waals surface area contributed by atoms with Gasteiger partial charge in [-0.05, 0) is 57.1 Å². The summed E-state index contributed by atoms with van der Waals surface area (Å²) in [5, 5.41) is 17.5. The average molecular weight is 535 g/mol. The van der Waals surface area contributed by atoms with Gasteiger partial charge in [0.1, 0.15) is 11.4 Å². The molecule has 2 amide bonds. The fourth-order valence-corrected chi connectivity index (χ4v) is 4.52. The van der Waals surface area contributed by atoms with Crippen LogP contribution in [0, 0.1) is 11.8 Å². The van der Waals surface area contributed by atoms with Crippen LogP contribution in [0.2, 0.25) is 0 Å². The number of imidazole rings is 1. The first kappa shape index (κ1) is 29.9. The molecule has 0 aliphatic rings. The molecule has 210 valence electrons. The Labute approximate surface area is 231 Å². The Morgan fingerprint density at radius 2 is 1.54 bits per heavy atom. The van der Waals surface area contributed by atoms with Gasteiger partial charge in [0.25, 0.3) is 0 Å². The number of aromatic nitrogens is 2. The fraction of sp³-hybridized carbons (Fsp3) is 0.452. The monoisotopic (exact) mass is 534 g/mol. The van der Waals surface area contributed by atoms with E-state index in [0.29, 0.717) is 18.7 Å². The Kier molecular flexibility index (Phi) is 10.7. The van der Waals surface area contributed by atoms with Gasteiger partial charge < -0.3 is 25.5 Å². The lowest BCUT2D eigenvalue weighted by Crippen LogP contribution is -2.48. The largest absolute Gasteiger partial charge is 0.444 e. The molecule has 8 nitrogen and oxygen atoms in total. The van der Waals surface area contributed by atoms with Crippen molar-refractivity contribution in [1.29, 1.82) is 0 Å². The molecule has 0 aliphatic heterocycles. The first-order chi connectivity index (χ1) is 18.5. The molecule has 0 radical (unpaired) electrons. The quantitative estimate of drug-likeness (QED) is 0.262. The summed E-state index contributed by atoms with van der Waals surface area (Å²) in [6.45, 7) is 9.42. The highest BCUT2D eigenvalue weighted by molar-refractivity contribution is 5.79. The van der Waals surface area contributed by atoms with Gasteiger partial charge in [-0.25, -0.2) is 9.78 Å². The van der Waals surface area contributed by atoms with E-state index in [1.165, 1.54) is 0 Å². The van der Waals surface area contributed by atoms with Crippen LogP contribution in [-0.4, -0.2) is 44.8 Å². The smallest absolute Gasteiger partial charge is 0.407 e. The number of H-pyrrole nitrogens is 1. The number of hydrogen-bond donors (Lipinski definition) is 4. The predicted molar refractivity (Wildman–Crippen MR) is 152 cm³/mol. The van der Waals surface area contributed by atoms with Crippen LogP contribution in [0.15, 0.2) is 73.1 Å². The molecule has 1 heterocycles. The summed E-state index contributed by atoms with van der Waals surface area (Å²) >= 11 is 0. The van der Waals surface area contributed by atoms with Gasteiger partial charge in [0, 0.05) is 18.3 Å². The number of ether oxygens (including phenoxy) is 1. The Hall–Kier alpha value is -3.65. The third-order valence-electron chi connectivity index (χ3n) is 6.47. The highest BCUT2D eigenvalue weighted by Crippen LogP contribution is 2.23. The molecular formula is C31H42N4O4. The maximum atomic E-state index is 13.7. The summed E-state index contributed by atoms with van der Waals surface area (Å²) in [4.78, 5) is 33.9. The van der Waals surface area contributed by atoms with Gasteiger partial charge in [-0.1, -0.05) is 74.5 Å². The van der Waals surface area contributed by atoms with Gasteiger partial charge in [-0.15, -0.1) is 0 Å². The zero-order valence-corrected chi connectivity index (χ0v) is 23.6. The van der Waals surface area contributed by atoms with E-state index in [-0.39, 0.29) is 24.3 Å². The van der Waals surface area contributed by atoms with E-state index in [4.69, 9.17) is 4.74 Å². The number of amides is 2.